The summed E-state index contributed by atoms with van der Waals surface area (Å²) in [5.41, 5.74) is 7.15. The van der Waals surface area contributed by atoms with Crippen LogP contribution in [0.25, 0.3) is 11.1 Å². The molecule has 33 heavy (non-hydrogen) atoms. The van der Waals surface area contributed by atoms with Crippen LogP contribution >= 0.6 is 0 Å². The number of halogens is 1. The second-order valence-electron chi connectivity index (χ2n) is 7.33. The van der Waals surface area contributed by atoms with E-state index in [1.54, 1.807) is 17.9 Å². The van der Waals surface area contributed by atoms with Crippen LogP contribution in [0.5, 0.6) is 11.8 Å². The Morgan fingerprint density at radius 3 is 2.76 bits per heavy atom. The molecule has 0 radical (unpaired) electrons. The van der Waals surface area contributed by atoms with Crippen molar-refractivity contribution in [3.05, 3.63) is 66.6 Å². The normalized spacial score (nSPS) is 13.2. The summed E-state index contributed by atoms with van der Waals surface area (Å²) in [5, 5.41) is 2.79. The van der Waals surface area contributed by atoms with Crippen molar-refractivity contribution in [2.45, 2.75) is 13.0 Å². The number of benzene rings is 1. The summed E-state index contributed by atoms with van der Waals surface area (Å²) in [6.07, 6.45) is 3.88. The van der Waals surface area contributed by atoms with Gasteiger partial charge >= 0.3 is 6.01 Å². The van der Waals surface area contributed by atoms with Gasteiger partial charge in [0.15, 0.2) is 11.6 Å². The fraction of sp³-hybridized carbons (Fsp3) is 0.182. The van der Waals surface area contributed by atoms with E-state index in [9.17, 15) is 14.0 Å². The first-order valence-electron chi connectivity index (χ1n) is 9.95. The van der Waals surface area contributed by atoms with Crippen LogP contribution in [0.3, 0.4) is 0 Å². The summed E-state index contributed by atoms with van der Waals surface area (Å²) >= 11 is 0. The predicted octanol–water partition coefficient (Wildman–Crippen LogP) is 1.88. The third kappa shape index (κ3) is 4.61. The van der Waals surface area contributed by atoms with Gasteiger partial charge in [-0.15, -0.1) is 0 Å². The van der Waals surface area contributed by atoms with Crippen LogP contribution in [0.15, 0.2) is 49.4 Å². The number of aryl methyl sites for hydroxylation is 1. The van der Waals surface area contributed by atoms with Crippen LogP contribution in [-0.2, 0) is 4.79 Å². The fourth-order valence-electron chi connectivity index (χ4n) is 3.30. The zero-order valence-corrected chi connectivity index (χ0v) is 17.7. The molecule has 3 N–H and O–H groups in total. The van der Waals surface area contributed by atoms with Gasteiger partial charge in [-0.05, 0) is 36.8 Å². The molecule has 10 nitrogen and oxygen atoms in total. The van der Waals surface area contributed by atoms with E-state index in [4.69, 9.17) is 10.5 Å². The third-order valence-corrected chi connectivity index (χ3v) is 4.99. The summed E-state index contributed by atoms with van der Waals surface area (Å²) < 4.78 is 20.2. The summed E-state index contributed by atoms with van der Waals surface area (Å²) in [6.45, 7) is 5.91. The number of anilines is 1. The molecule has 3 heterocycles. The molecule has 1 aromatic carbocycles. The van der Waals surface area contributed by atoms with Crippen LogP contribution in [0, 0.1) is 12.7 Å². The highest BCUT2D eigenvalue weighted by Gasteiger charge is 2.31. The molecule has 1 fully saturated rings. The van der Waals surface area contributed by atoms with Gasteiger partial charge in [0, 0.05) is 25.0 Å². The number of hydrogen-bond acceptors (Lipinski definition) is 8. The maximum atomic E-state index is 14.8. The topological polar surface area (TPSA) is 136 Å². The van der Waals surface area contributed by atoms with Crippen molar-refractivity contribution < 1.29 is 18.7 Å². The van der Waals surface area contributed by atoms with E-state index in [0.29, 0.717) is 24.3 Å². The molecule has 2 aromatic heterocycles. The summed E-state index contributed by atoms with van der Waals surface area (Å²) in [4.78, 5) is 42.0. The molecule has 1 saturated heterocycles. The summed E-state index contributed by atoms with van der Waals surface area (Å²) in [6, 6.07) is 5.55. The number of aromatic nitrogens is 4. The van der Waals surface area contributed by atoms with Crippen molar-refractivity contribution in [2.75, 3.05) is 18.8 Å². The van der Waals surface area contributed by atoms with E-state index in [1.165, 1.54) is 30.5 Å². The van der Waals surface area contributed by atoms with Crippen LogP contribution in [0.2, 0.25) is 0 Å². The van der Waals surface area contributed by atoms with Crippen LogP contribution in [0.4, 0.5) is 10.2 Å². The Labute approximate surface area is 188 Å². The van der Waals surface area contributed by atoms with Gasteiger partial charge in [0.2, 0.25) is 5.91 Å². The lowest BCUT2D eigenvalue weighted by Crippen LogP contribution is -2.60. The summed E-state index contributed by atoms with van der Waals surface area (Å²) in [7, 11) is 0. The van der Waals surface area contributed by atoms with E-state index in [2.05, 4.69) is 31.8 Å². The minimum Gasteiger partial charge on any atom is -0.421 e. The molecule has 0 bridgehead atoms. The van der Waals surface area contributed by atoms with Gasteiger partial charge in [-0.2, -0.15) is 0 Å². The van der Waals surface area contributed by atoms with Crippen molar-refractivity contribution in [1.82, 2.24) is 30.2 Å². The minimum absolute atomic E-state index is 0.00810. The van der Waals surface area contributed by atoms with Crippen LogP contribution in [0.1, 0.15) is 16.2 Å². The SMILES string of the molecule is C=CC(=O)N1CC(NC(=O)c2ncnc(N)c2-c2ccc(Oc3nccc(C)n3)c(F)c2)C1. The van der Waals surface area contributed by atoms with Crippen LogP contribution < -0.4 is 15.8 Å². The van der Waals surface area contributed by atoms with Crippen molar-refractivity contribution in [1.29, 1.82) is 0 Å². The Bertz CT molecular complexity index is 1240. The molecule has 4 rings (SSSR count). The first-order valence-corrected chi connectivity index (χ1v) is 9.95. The Kier molecular flexibility index (Phi) is 5.94. The van der Waals surface area contributed by atoms with E-state index in [-0.39, 0.29) is 40.8 Å². The average Bonchev–Trinajstić information content (AvgIpc) is 2.76. The third-order valence-electron chi connectivity index (χ3n) is 4.99. The van der Waals surface area contributed by atoms with Gasteiger partial charge in [0.05, 0.1) is 11.6 Å². The number of nitrogens with zero attached hydrogens (tertiary/aromatic N) is 5. The van der Waals surface area contributed by atoms with E-state index < -0.39 is 11.7 Å². The maximum Gasteiger partial charge on any atom is 0.322 e. The maximum absolute atomic E-state index is 14.8. The zero-order chi connectivity index (χ0) is 23.5. The monoisotopic (exact) mass is 449 g/mol. The fourth-order valence-corrected chi connectivity index (χ4v) is 3.30. The second kappa shape index (κ2) is 8.99. The standard InChI is InChI=1S/C22H20FN7O3/c1-3-17(31)30-9-14(10-30)29-21(32)19-18(20(24)27-11-26-19)13-4-5-16(15(23)8-13)33-22-25-7-6-12(2)28-22/h3-8,11,14H,1,9-10H2,2H3,(H,29,32)(H2,24,26,27). The number of likely N-dealkylation sites (tertiary alicyclic amines) is 1. The molecule has 168 valence electrons. The molecular formula is C22H20FN7O3. The molecule has 0 atom stereocenters. The average molecular weight is 449 g/mol. The van der Waals surface area contributed by atoms with Crippen LogP contribution in [-0.4, -0.2) is 55.8 Å². The Morgan fingerprint density at radius 1 is 1.27 bits per heavy atom. The van der Waals surface area contributed by atoms with Crippen molar-refractivity contribution in [3.63, 3.8) is 0 Å². The number of amides is 2. The van der Waals surface area contributed by atoms with E-state index >= 15 is 0 Å². The molecule has 2 amide bonds. The lowest BCUT2D eigenvalue weighted by Gasteiger charge is -2.38. The predicted molar refractivity (Wildman–Crippen MR) is 117 cm³/mol. The molecular weight excluding hydrogens is 429 g/mol. The van der Waals surface area contributed by atoms with Crippen molar-refractivity contribution in [3.8, 4) is 22.9 Å². The smallest absolute Gasteiger partial charge is 0.322 e. The summed E-state index contributed by atoms with van der Waals surface area (Å²) in [5.74, 6) is -1.50. The van der Waals surface area contributed by atoms with Gasteiger partial charge < -0.3 is 20.7 Å². The Morgan fingerprint density at radius 2 is 2.06 bits per heavy atom. The molecule has 0 spiro atoms. The molecule has 3 aromatic rings. The lowest BCUT2D eigenvalue weighted by atomic mass is 10.0. The molecule has 11 heteroatoms. The zero-order valence-electron chi connectivity index (χ0n) is 17.7. The van der Waals surface area contributed by atoms with Crippen molar-refractivity contribution >= 4 is 17.6 Å². The highest BCUT2D eigenvalue weighted by atomic mass is 19.1. The molecule has 1 aliphatic heterocycles. The molecule has 0 unspecified atom stereocenters. The Hall–Kier alpha value is -4.41. The highest BCUT2D eigenvalue weighted by Crippen LogP contribution is 2.32. The van der Waals surface area contributed by atoms with Gasteiger partial charge in [-0.3, -0.25) is 9.59 Å². The van der Waals surface area contributed by atoms with E-state index in [1.807, 2.05) is 0 Å². The largest absolute Gasteiger partial charge is 0.421 e. The number of carbonyl (C=O) groups is 2. The second-order valence-corrected chi connectivity index (χ2v) is 7.33. The minimum atomic E-state index is -0.704. The number of rotatable bonds is 6. The molecule has 1 aliphatic rings. The van der Waals surface area contributed by atoms with Gasteiger partial charge in [0.1, 0.15) is 17.8 Å². The van der Waals surface area contributed by atoms with E-state index in [0.717, 1.165) is 6.33 Å². The number of nitrogens with one attached hydrogen (secondary N) is 1. The van der Waals surface area contributed by atoms with Gasteiger partial charge in [0.25, 0.3) is 5.91 Å². The first-order chi connectivity index (χ1) is 15.9. The lowest BCUT2D eigenvalue weighted by molar-refractivity contribution is -0.130. The van der Waals surface area contributed by atoms with Gasteiger partial charge in [-0.25, -0.2) is 24.3 Å². The number of nitrogens with two attached hydrogens (primary N) is 1. The molecule has 0 saturated carbocycles. The Balaban J connectivity index is 1.55. The number of carbonyl (C=O) groups excluding carboxylic acids is 2. The number of hydrogen-bond donors (Lipinski definition) is 2. The number of nitrogen functional groups attached to an aromatic ring is 1. The molecule has 0 aliphatic carbocycles. The number of ether oxygens (including phenoxy) is 1. The van der Waals surface area contributed by atoms with Gasteiger partial charge in [-0.1, -0.05) is 12.6 Å². The quantitative estimate of drug-likeness (QED) is 0.545. The van der Waals surface area contributed by atoms with Crippen molar-refractivity contribution in [2.24, 2.45) is 0 Å². The first kappa shape index (κ1) is 21.8. The highest BCUT2D eigenvalue weighted by molar-refractivity contribution is 6.01.